The molecular weight excluding hydrogens is 348 g/mol. The first-order valence-corrected chi connectivity index (χ1v) is 9.61. The van der Waals surface area contributed by atoms with Crippen LogP contribution >= 0.6 is 0 Å². The molecule has 27 heavy (non-hydrogen) atoms. The van der Waals surface area contributed by atoms with Crippen molar-refractivity contribution in [2.45, 2.75) is 44.4 Å². The third kappa shape index (κ3) is 4.74. The molecule has 148 valence electrons. The van der Waals surface area contributed by atoms with Crippen molar-refractivity contribution in [3.63, 3.8) is 0 Å². The second-order valence-corrected chi connectivity index (χ2v) is 7.45. The number of hydrogen-bond acceptors (Lipinski definition) is 5. The number of amides is 2. The third-order valence-electron chi connectivity index (χ3n) is 5.57. The maximum absolute atomic E-state index is 12.2. The van der Waals surface area contributed by atoms with Gasteiger partial charge >= 0.3 is 0 Å². The predicted molar refractivity (Wildman–Crippen MR) is 99.5 cm³/mol. The van der Waals surface area contributed by atoms with Gasteiger partial charge in [0, 0.05) is 58.1 Å². The quantitative estimate of drug-likeness (QED) is 0.840. The number of likely N-dealkylation sites (tertiary alicyclic amines) is 2. The molecule has 0 aromatic carbocycles. The number of aromatic nitrogens is 2. The summed E-state index contributed by atoms with van der Waals surface area (Å²) >= 11 is 0. The number of nitrogens with one attached hydrogen (secondary N) is 1. The van der Waals surface area contributed by atoms with Crippen LogP contribution < -0.4 is 5.56 Å². The van der Waals surface area contributed by atoms with Crippen molar-refractivity contribution in [3.8, 4) is 0 Å². The van der Waals surface area contributed by atoms with Crippen molar-refractivity contribution in [1.82, 2.24) is 19.8 Å². The van der Waals surface area contributed by atoms with Gasteiger partial charge in [-0.05, 0) is 25.7 Å². The molecule has 1 aromatic rings. The Morgan fingerprint density at radius 3 is 2.59 bits per heavy atom. The molecule has 2 aliphatic heterocycles. The fourth-order valence-electron chi connectivity index (χ4n) is 4.02. The van der Waals surface area contributed by atoms with Gasteiger partial charge in [-0.2, -0.15) is 0 Å². The molecule has 2 fully saturated rings. The van der Waals surface area contributed by atoms with Crippen LogP contribution in [0, 0.1) is 0 Å². The Labute approximate surface area is 158 Å². The highest BCUT2D eigenvalue weighted by atomic mass is 16.5. The summed E-state index contributed by atoms with van der Waals surface area (Å²) in [6.07, 6.45) is 3.40. The lowest BCUT2D eigenvalue weighted by atomic mass is 9.93. The van der Waals surface area contributed by atoms with Gasteiger partial charge in [-0.1, -0.05) is 0 Å². The van der Waals surface area contributed by atoms with Crippen LogP contribution in [-0.4, -0.2) is 71.5 Å². The largest absolute Gasteiger partial charge is 0.375 e. The van der Waals surface area contributed by atoms with Crippen LogP contribution in [0.25, 0.3) is 0 Å². The molecule has 8 heteroatoms. The smallest absolute Gasteiger partial charge is 0.251 e. The highest BCUT2D eigenvalue weighted by Gasteiger charge is 2.28. The molecule has 3 rings (SSSR count). The fourth-order valence-corrected chi connectivity index (χ4v) is 4.02. The standard InChI is InChI=1S/C19H28N4O4/c1-13(24)23-7-3-4-15(11-23)16-10-17(25)21-19(20-16)14-5-8-22(9-6-14)18(26)12-27-2/h10,14-15H,3-9,11-12H2,1-2H3,(H,20,21,25)/t15-/m1/s1. The molecule has 0 unspecified atom stereocenters. The summed E-state index contributed by atoms with van der Waals surface area (Å²) in [4.78, 5) is 47.1. The van der Waals surface area contributed by atoms with E-state index in [1.165, 1.54) is 7.11 Å². The van der Waals surface area contributed by atoms with Gasteiger partial charge in [-0.3, -0.25) is 14.4 Å². The van der Waals surface area contributed by atoms with Gasteiger partial charge in [0.2, 0.25) is 11.8 Å². The summed E-state index contributed by atoms with van der Waals surface area (Å²) in [7, 11) is 1.52. The van der Waals surface area contributed by atoms with E-state index in [1.807, 2.05) is 4.90 Å². The van der Waals surface area contributed by atoms with Gasteiger partial charge in [0.05, 0.1) is 5.69 Å². The van der Waals surface area contributed by atoms with Crippen LogP contribution in [0.1, 0.15) is 56.0 Å². The van der Waals surface area contributed by atoms with E-state index in [1.54, 1.807) is 17.9 Å². The molecule has 0 radical (unpaired) electrons. The van der Waals surface area contributed by atoms with Gasteiger partial charge in [0.15, 0.2) is 0 Å². The number of nitrogens with zero attached hydrogens (tertiary/aromatic N) is 3. The van der Waals surface area contributed by atoms with E-state index < -0.39 is 0 Å². The molecule has 2 aliphatic rings. The molecule has 1 atom stereocenters. The number of carbonyl (C=O) groups is 2. The molecular formula is C19H28N4O4. The number of aromatic amines is 1. The second-order valence-electron chi connectivity index (χ2n) is 7.45. The van der Waals surface area contributed by atoms with Crippen LogP contribution in [-0.2, 0) is 14.3 Å². The van der Waals surface area contributed by atoms with Gasteiger partial charge in [0.1, 0.15) is 12.4 Å². The highest BCUT2D eigenvalue weighted by Crippen LogP contribution is 2.28. The average Bonchev–Trinajstić information content (AvgIpc) is 2.68. The number of rotatable bonds is 4. The fraction of sp³-hybridized carbons (Fsp3) is 0.684. The molecule has 0 saturated carbocycles. The molecule has 8 nitrogen and oxygen atoms in total. The number of hydrogen-bond donors (Lipinski definition) is 1. The van der Waals surface area contributed by atoms with E-state index in [2.05, 4.69) is 4.98 Å². The number of piperidine rings is 2. The minimum Gasteiger partial charge on any atom is -0.375 e. The maximum atomic E-state index is 12.2. The van der Waals surface area contributed by atoms with Crippen molar-refractivity contribution in [3.05, 3.63) is 27.9 Å². The third-order valence-corrected chi connectivity index (χ3v) is 5.57. The number of ether oxygens (including phenoxy) is 1. The SMILES string of the molecule is COCC(=O)N1CCC(c2nc([C@@H]3CCCN(C(C)=O)C3)cc(=O)[nH]2)CC1. The van der Waals surface area contributed by atoms with Crippen molar-refractivity contribution in [1.29, 1.82) is 0 Å². The second kappa shape index (κ2) is 8.65. The monoisotopic (exact) mass is 376 g/mol. The van der Waals surface area contributed by atoms with Crippen LogP contribution in [0.15, 0.2) is 10.9 Å². The lowest BCUT2D eigenvalue weighted by Crippen LogP contribution is -2.40. The van der Waals surface area contributed by atoms with Gasteiger partial charge < -0.3 is 19.5 Å². The van der Waals surface area contributed by atoms with E-state index in [9.17, 15) is 14.4 Å². The van der Waals surface area contributed by atoms with Gasteiger partial charge in [0.25, 0.3) is 5.56 Å². The van der Waals surface area contributed by atoms with Crippen LogP contribution in [0.5, 0.6) is 0 Å². The van der Waals surface area contributed by atoms with E-state index in [-0.39, 0.29) is 35.8 Å². The molecule has 0 aliphatic carbocycles. The zero-order valence-corrected chi connectivity index (χ0v) is 16.1. The first-order chi connectivity index (χ1) is 13.0. The predicted octanol–water partition coefficient (Wildman–Crippen LogP) is 0.848. The van der Waals surface area contributed by atoms with Crippen LogP contribution in [0.4, 0.5) is 0 Å². The number of carbonyl (C=O) groups excluding carboxylic acids is 2. The first kappa shape index (κ1) is 19.5. The molecule has 2 saturated heterocycles. The topological polar surface area (TPSA) is 95.6 Å². The first-order valence-electron chi connectivity index (χ1n) is 9.61. The molecule has 0 bridgehead atoms. The number of H-pyrrole nitrogens is 1. The Morgan fingerprint density at radius 1 is 1.19 bits per heavy atom. The summed E-state index contributed by atoms with van der Waals surface area (Å²) in [6.45, 7) is 4.36. The minimum atomic E-state index is -0.146. The molecule has 0 spiro atoms. The number of methoxy groups -OCH3 is 1. The molecule has 1 N–H and O–H groups in total. The minimum absolute atomic E-state index is 0.00215. The highest BCUT2D eigenvalue weighted by molar-refractivity contribution is 5.77. The van der Waals surface area contributed by atoms with E-state index in [0.717, 1.165) is 37.9 Å². The normalized spacial score (nSPS) is 21.3. The maximum Gasteiger partial charge on any atom is 0.251 e. The van der Waals surface area contributed by atoms with E-state index in [4.69, 9.17) is 9.72 Å². The molecule has 3 heterocycles. The Kier molecular flexibility index (Phi) is 6.26. The van der Waals surface area contributed by atoms with E-state index in [0.29, 0.717) is 25.5 Å². The van der Waals surface area contributed by atoms with Gasteiger partial charge in [-0.15, -0.1) is 0 Å². The summed E-state index contributed by atoms with van der Waals surface area (Å²) < 4.78 is 4.91. The van der Waals surface area contributed by atoms with Crippen LogP contribution in [0.2, 0.25) is 0 Å². The Hall–Kier alpha value is -2.22. The lowest BCUT2D eigenvalue weighted by Gasteiger charge is -2.33. The lowest BCUT2D eigenvalue weighted by molar-refractivity contribution is -0.136. The van der Waals surface area contributed by atoms with Crippen molar-refractivity contribution >= 4 is 11.8 Å². The molecule has 2 amide bonds. The molecule has 1 aromatic heterocycles. The summed E-state index contributed by atoms with van der Waals surface area (Å²) in [5, 5.41) is 0. The zero-order chi connectivity index (χ0) is 19.4. The Bertz CT molecular complexity index is 739. The van der Waals surface area contributed by atoms with Crippen molar-refractivity contribution in [2.24, 2.45) is 0 Å². The van der Waals surface area contributed by atoms with Gasteiger partial charge in [-0.25, -0.2) is 4.98 Å². The zero-order valence-electron chi connectivity index (χ0n) is 16.1. The average molecular weight is 376 g/mol. The summed E-state index contributed by atoms with van der Waals surface area (Å²) in [5.74, 6) is 1.01. The summed E-state index contributed by atoms with van der Waals surface area (Å²) in [5.41, 5.74) is 0.630. The van der Waals surface area contributed by atoms with Crippen LogP contribution in [0.3, 0.4) is 0 Å². The Balaban J connectivity index is 1.70. The Morgan fingerprint density at radius 2 is 1.93 bits per heavy atom. The van der Waals surface area contributed by atoms with E-state index >= 15 is 0 Å². The van der Waals surface area contributed by atoms with Crippen molar-refractivity contribution < 1.29 is 14.3 Å². The van der Waals surface area contributed by atoms with Crippen molar-refractivity contribution in [2.75, 3.05) is 39.9 Å². The summed E-state index contributed by atoms with van der Waals surface area (Å²) in [6, 6.07) is 1.56.